The minimum atomic E-state index is 0.544. The summed E-state index contributed by atoms with van der Waals surface area (Å²) < 4.78 is 5.20. The third kappa shape index (κ3) is 1.73. The Bertz CT molecular complexity index is 309. The van der Waals surface area contributed by atoms with Crippen LogP contribution in [0.4, 0.5) is 0 Å². The molecule has 0 aliphatic heterocycles. The first-order chi connectivity index (χ1) is 6.31. The summed E-state index contributed by atoms with van der Waals surface area (Å²) >= 11 is 3.69. The van der Waals surface area contributed by atoms with Crippen LogP contribution < -0.4 is 4.74 Å². The number of fused-ring (bicyclic) bond motifs is 1. The lowest BCUT2D eigenvalue weighted by atomic mass is 9.91. The molecule has 1 aromatic rings. The Balaban J connectivity index is 2.39. The summed E-state index contributed by atoms with van der Waals surface area (Å²) in [4.78, 5) is 0.544. The molecule has 1 nitrogen and oxygen atoms in total. The second-order valence-electron chi connectivity index (χ2n) is 3.42. The van der Waals surface area contributed by atoms with E-state index in [0.717, 1.165) is 5.75 Å². The number of benzene rings is 1. The van der Waals surface area contributed by atoms with Crippen molar-refractivity contribution in [1.29, 1.82) is 0 Å². The maximum Gasteiger partial charge on any atom is 0.119 e. The fourth-order valence-electron chi connectivity index (χ4n) is 1.86. The molecule has 1 aliphatic carbocycles. The molecule has 1 aromatic carbocycles. The number of rotatable bonds is 1. The van der Waals surface area contributed by atoms with Crippen LogP contribution in [0.1, 0.15) is 28.8 Å². The van der Waals surface area contributed by atoms with Crippen LogP contribution in [0, 0.1) is 0 Å². The van der Waals surface area contributed by atoms with Crippen molar-refractivity contribution in [1.82, 2.24) is 0 Å². The Morgan fingerprint density at radius 2 is 2.31 bits per heavy atom. The summed E-state index contributed by atoms with van der Waals surface area (Å²) in [5.41, 5.74) is 2.87. The zero-order valence-corrected chi connectivity index (χ0v) is 9.30. The highest BCUT2D eigenvalue weighted by molar-refractivity contribution is 9.09. The van der Waals surface area contributed by atoms with Gasteiger partial charge in [0.15, 0.2) is 0 Å². The Kier molecular flexibility index (Phi) is 2.58. The molecule has 0 radical (unpaired) electrons. The topological polar surface area (TPSA) is 9.23 Å². The molecule has 0 saturated heterocycles. The van der Waals surface area contributed by atoms with Gasteiger partial charge in [0.2, 0.25) is 0 Å². The lowest BCUT2D eigenvalue weighted by Crippen LogP contribution is -2.04. The third-order valence-electron chi connectivity index (χ3n) is 2.59. The van der Waals surface area contributed by atoms with E-state index >= 15 is 0 Å². The smallest absolute Gasteiger partial charge is 0.119 e. The van der Waals surface area contributed by atoms with Crippen molar-refractivity contribution < 1.29 is 4.74 Å². The lowest BCUT2D eigenvalue weighted by molar-refractivity contribution is 0.413. The first-order valence-corrected chi connectivity index (χ1v) is 5.53. The number of aryl methyl sites for hydroxylation is 1. The van der Waals surface area contributed by atoms with Crippen LogP contribution in [0.2, 0.25) is 0 Å². The average Bonchev–Trinajstić information content (AvgIpc) is 2.18. The Morgan fingerprint density at radius 1 is 1.46 bits per heavy atom. The fraction of sp³-hybridized carbons (Fsp3) is 0.455. The highest BCUT2D eigenvalue weighted by Gasteiger charge is 2.17. The summed E-state index contributed by atoms with van der Waals surface area (Å²) in [6.45, 7) is 0. The van der Waals surface area contributed by atoms with E-state index in [1.165, 1.54) is 30.4 Å². The maximum atomic E-state index is 5.20. The van der Waals surface area contributed by atoms with Gasteiger partial charge in [-0.25, -0.2) is 0 Å². The predicted octanol–water partition coefficient (Wildman–Crippen LogP) is 3.47. The Morgan fingerprint density at radius 3 is 3.08 bits per heavy atom. The zero-order valence-electron chi connectivity index (χ0n) is 7.72. The van der Waals surface area contributed by atoms with Crippen molar-refractivity contribution in [2.24, 2.45) is 0 Å². The van der Waals surface area contributed by atoms with Crippen molar-refractivity contribution >= 4 is 15.9 Å². The van der Waals surface area contributed by atoms with Gasteiger partial charge in [0.05, 0.1) is 7.11 Å². The third-order valence-corrected chi connectivity index (χ3v) is 3.54. The van der Waals surface area contributed by atoms with Gasteiger partial charge in [-0.15, -0.1) is 0 Å². The summed E-state index contributed by atoms with van der Waals surface area (Å²) in [7, 11) is 1.72. The van der Waals surface area contributed by atoms with Crippen LogP contribution in [0.25, 0.3) is 0 Å². The Hall–Kier alpha value is -0.500. The van der Waals surface area contributed by atoms with E-state index in [1.807, 2.05) is 6.07 Å². The molecule has 0 aromatic heterocycles. The molecule has 2 rings (SSSR count). The van der Waals surface area contributed by atoms with Gasteiger partial charge in [0.1, 0.15) is 5.75 Å². The summed E-state index contributed by atoms with van der Waals surface area (Å²) in [6.07, 6.45) is 3.71. The van der Waals surface area contributed by atoms with Crippen molar-refractivity contribution in [3.8, 4) is 5.75 Å². The van der Waals surface area contributed by atoms with Crippen molar-refractivity contribution in [3.63, 3.8) is 0 Å². The van der Waals surface area contributed by atoms with Gasteiger partial charge in [0.25, 0.3) is 0 Å². The van der Waals surface area contributed by atoms with Crippen molar-refractivity contribution in [2.75, 3.05) is 7.11 Å². The van der Waals surface area contributed by atoms with Gasteiger partial charge in [-0.2, -0.15) is 0 Å². The van der Waals surface area contributed by atoms with Gasteiger partial charge < -0.3 is 4.74 Å². The fourth-order valence-corrected chi connectivity index (χ4v) is 2.63. The molecule has 0 fully saturated rings. The molecular weight excluding hydrogens is 228 g/mol. The first kappa shape index (κ1) is 9.07. The van der Waals surface area contributed by atoms with Gasteiger partial charge in [-0.3, -0.25) is 0 Å². The second kappa shape index (κ2) is 3.70. The second-order valence-corrected chi connectivity index (χ2v) is 4.53. The van der Waals surface area contributed by atoms with E-state index in [0.29, 0.717) is 4.83 Å². The minimum absolute atomic E-state index is 0.544. The van der Waals surface area contributed by atoms with E-state index < -0.39 is 0 Å². The van der Waals surface area contributed by atoms with Gasteiger partial charge >= 0.3 is 0 Å². The molecule has 70 valence electrons. The SMILES string of the molecule is COc1ccc2c(c1)CCCC2Br. The van der Waals surface area contributed by atoms with E-state index in [9.17, 15) is 0 Å². The largest absolute Gasteiger partial charge is 0.497 e. The minimum Gasteiger partial charge on any atom is -0.497 e. The highest BCUT2D eigenvalue weighted by Crippen LogP contribution is 2.37. The zero-order chi connectivity index (χ0) is 9.26. The number of methoxy groups -OCH3 is 1. The van der Waals surface area contributed by atoms with E-state index in [4.69, 9.17) is 4.74 Å². The maximum absolute atomic E-state index is 5.20. The van der Waals surface area contributed by atoms with Crippen LogP contribution in [-0.4, -0.2) is 7.11 Å². The standard InChI is InChI=1S/C11H13BrO/c1-13-9-5-6-10-8(7-9)3-2-4-11(10)12/h5-7,11H,2-4H2,1H3. The number of alkyl halides is 1. The summed E-state index contributed by atoms with van der Waals surface area (Å²) in [5, 5.41) is 0. The number of hydrogen-bond acceptors (Lipinski definition) is 1. The quantitative estimate of drug-likeness (QED) is 0.684. The van der Waals surface area contributed by atoms with Crippen LogP contribution in [0.15, 0.2) is 18.2 Å². The van der Waals surface area contributed by atoms with E-state index in [1.54, 1.807) is 7.11 Å². The van der Waals surface area contributed by atoms with Crippen molar-refractivity contribution in [3.05, 3.63) is 29.3 Å². The lowest BCUT2D eigenvalue weighted by Gasteiger charge is -2.21. The van der Waals surface area contributed by atoms with Crippen molar-refractivity contribution in [2.45, 2.75) is 24.1 Å². The number of halogens is 1. The summed E-state index contributed by atoms with van der Waals surface area (Å²) in [6, 6.07) is 6.37. The molecule has 0 amide bonds. The molecule has 2 heteroatoms. The molecule has 0 spiro atoms. The number of ether oxygens (including phenoxy) is 1. The summed E-state index contributed by atoms with van der Waals surface area (Å²) in [5.74, 6) is 0.973. The monoisotopic (exact) mass is 240 g/mol. The molecule has 1 aliphatic rings. The molecule has 0 N–H and O–H groups in total. The van der Waals surface area contributed by atoms with Crippen LogP contribution >= 0.6 is 15.9 Å². The molecule has 0 bridgehead atoms. The Labute approximate surface area is 87.2 Å². The highest BCUT2D eigenvalue weighted by atomic mass is 79.9. The molecule has 1 atom stereocenters. The molecule has 13 heavy (non-hydrogen) atoms. The normalized spacial score (nSPS) is 20.9. The van der Waals surface area contributed by atoms with Gasteiger partial charge in [0, 0.05) is 4.83 Å². The molecular formula is C11H13BrO. The van der Waals surface area contributed by atoms with Gasteiger partial charge in [-0.05, 0) is 42.5 Å². The average molecular weight is 241 g/mol. The van der Waals surface area contributed by atoms with Gasteiger partial charge in [-0.1, -0.05) is 22.0 Å². The van der Waals surface area contributed by atoms with E-state index in [2.05, 4.69) is 28.1 Å². The van der Waals surface area contributed by atoms with E-state index in [-0.39, 0.29) is 0 Å². The number of hydrogen-bond donors (Lipinski definition) is 0. The molecule has 0 saturated carbocycles. The predicted molar refractivity (Wildman–Crippen MR) is 57.6 cm³/mol. The van der Waals surface area contributed by atoms with Crippen LogP contribution in [0.5, 0.6) is 5.75 Å². The first-order valence-electron chi connectivity index (χ1n) is 4.62. The van der Waals surface area contributed by atoms with Crippen LogP contribution in [-0.2, 0) is 6.42 Å². The molecule has 1 unspecified atom stereocenters. The van der Waals surface area contributed by atoms with Crippen LogP contribution in [0.3, 0.4) is 0 Å². The molecule has 0 heterocycles.